The molecule has 92 valence electrons. The molecule has 1 N–H and O–H groups in total. The van der Waals surface area contributed by atoms with Gasteiger partial charge in [-0.15, -0.1) is 11.8 Å². The lowest BCUT2D eigenvalue weighted by atomic mass is 10.1. The molecule has 0 aliphatic carbocycles. The summed E-state index contributed by atoms with van der Waals surface area (Å²) >= 11 is 0. The quantitative estimate of drug-likeness (QED) is 0.600. The first-order valence-electron chi connectivity index (χ1n) is 6.14. The van der Waals surface area contributed by atoms with Gasteiger partial charge in [-0.1, -0.05) is 18.2 Å². The Morgan fingerprint density at radius 3 is 2.82 bits per heavy atom. The van der Waals surface area contributed by atoms with E-state index in [0.717, 1.165) is 18.7 Å². The van der Waals surface area contributed by atoms with Crippen LogP contribution in [0.4, 0.5) is 0 Å². The van der Waals surface area contributed by atoms with Crippen molar-refractivity contribution in [3.63, 3.8) is 0 Å². The second-order valence-electron chi connectivity index (χ2n) is 3.82. The van der Waals surface area contributed by atoms with E-state index in [2.05, 4.69) is 30.1 Å². The van der Waals surface area contributed by atoms with Crippen LogP contribution in [0.2, 0.25) is 0 Å². The average molecular weight is 231 g/mol. The Morgan fingerprint density at radius 1 is 1.35 bits per heavy atom. The third-order valence-corrected chi connectivity index (χ3v) is 2.56. The highest BCUT2D eigenvalue weighted by Gasteiger charge is 2.09. The number of hydrogen-bond acceptors (Lipinski definition) is 2. The molecule has 1 unspecified atom stereocenters. The summed E-state index contributed by atoms with van der Waals surface area (Å²) in [5.41, 5.74) is 1.21. The lowest BCUT2D eigenvalue weighted by molar-refractivity contribution is 0.332. The minimum absolute atomic E-state index is 0.288. The van der Waals surface area contributed by atoms with Gasteiger partial charge in [0.15, 0.2) is 0 Å². The Kier molecular flexibility index (Phi) is 6.21. The molecule has 1 aromatic carbocycles. The second kappa shape index (κ2) is 7.76. The molecule has 0 aliphatic heterocycles. The smallest absolute Gasteiger partial charge is 0.124 e. The molecule has 1 aromatic rings. The van der Waals surface area contributed by atoms with E-state index in [1.165, 1.54) is 5.56 Å². The summed E-state index contributed by atoms with van der Waals surface area (Å²) in [7, 11) is 0. The van der Waals surface area contributed by atoms with Crippen LogP contribution in [0.25, 0.3) is 0 Å². The number of para-hydroxylation sites is 1. The van der Waals surface area contributed by atoms with Crippen molar-refractivity contribution in [2.24, 2.45) is 0 Å². The maximum atomic E-state index is 5.62. The second-order valence-corrected chi connectivity index (χ2v) is 3.82. The molecule has 0 radical (unpaired) electrons. The van der Waals surface area contributed by atoms with Crippen molar-refractivity contribution in [2.45, 2.75) is 33.2 Å². The third kappa shape index (κ3) is 4.50. The summed E-state index contributed by atoms with van der Waals surface area (Å²) in [6.07, 6.45) is 0.887. The van der Waals surface area contributed by atoms with E-state index in [0.29, 0.717) is 6.61 Å². The van der Waals surface area contributed by atoms with Crippen LogP contribution in [0.15, 0.2) is 24.3 Å². The topological polar surface area (TPSA) is 21.3 Å². The molecular formula is C15H21NO. The maximum Gasteiger partial charge on any atom is 0.124 e. The van der Waals surface area contributed by atoms with Crippen molar-refractivity contribution in [1.29, 1.82) is 0 Å². The SMILES string of the molecule is CC#CCCNC(C)c1ccccc1OCC. The molecule has 0 fully saturated rings. The number of hydrogen-bond donors (Lipinski definition) is 1. The molecule has 0 bridgehead atoms. The molecule has 0 saturated heterocycles. The van der Waals surface area contributed by atoms with Crippen LogP contribution in [0.5, 0.6) is 5.75 Å². The lowest BCUT2D eigenvalue weighted by Gasteiger charge is -2.17. The first-order valence-corrected chi connectivity index (χ1v) is 6.14. The molecule has 0 amide bonds. The zero-order valence-corrected chi connectivity index (χ0v) is 10.9. The summed E-state index contributed by atoms with van der Waals surface area (Å²) in [5, 5.41) is 3.45. The third-order valence-electron chi connectivity index (χ3n) is 2.56. The van der Waals surface area contributed by atoms with E-state index in [1.54, 1.807) is 0 Å². The number of ether oxygens (including phenoxy) is 1. The summed E-state index contributed by atoms with van der Waals surface area (Å²) in [6, 6.07) is 8.46. The highest BCUT2D eigenvalue weighted by atomic mass is 16.5. The molecule has 2 heteroatoms. The summed E-state index contributed by atoms with van der Waals surface area (Å²) < 4.78 is 5.62. The van der Waals surface area contributed by atoms with Gasteiger partial charge in [-0.25, -0.2) is 0 Å². The molecule has 0 saturated carbocycles. The Morgan fingerprint density at radius 2 is 2.12 bits per heavy atom. The van der Waals surface area contributed by atoms with Crippen LogP contribution in [0.3, 0.4) is 0 Å². The molecular weight excluding hydrogens is 210 g/mol. The van der Waals surface area contributed by atoms with E-state index in [-0.39, 0.29) is 6.04 Å². The van der Waals surface area contributed by atoms with Gasteiger partial charge in [0.1, 0.15) is 5.75 Å². The van der Waals surface area contributed by atoms with Gasteiger partial charge in [0, 0.05) is 24.6 Å². The lowest BCUT2D eigenvalue weighted by Crippen LogP contribution is -2.20. The van der Waals surface area contributed by atoms with Gasteiger partial charge in [0.25, 0.3) is 0 Å². The van der Waals surface area contributed by atoms with Crippen molar-refractivity contribution in [2.75, 3.05) is 13.2 Å². The van der Waals surface area contributed by atoms with Gasteiger partial charge in [0.2, 0.25) is 0 Å². The van der Waals surface area contributed by atoms with Gasteiger partial charge in [0.05, 0.1) is 6.61 Å². The van der Waals surface area contributed by atoms with E-state index in [9.17, 15) is 0 Å². The fourth-order valence-corrected chi connectivity index (χ4v) is 1.71. The Hall–Kier alpha value is -1.46. The maximum absolute atomic E-state index is 5.62. The molecule has 2 nitrogen and oxygen atoms in total. The zero-order valence-electron chi connectivity index (χ0n) is 10.9. The van der Waals surface area contributed by atoms with Crippen LogP contribution in [-0.2, 0) is 0 Å². The fraction of sp³-hybridized carbons (Fsp3) is 0.467. The number of rotatable bonds is 6. The van der Waals surface area contributed by atoms with Crippen LogP contribution < -0.4 is 10.1 Å². The molecule has 0 aliphatic rings. The minimum Gasteiger partial charge on any atom is -0.494 e. The van der Waals surface area contributed by atoms with E-state index in [1.807, 2.05) is 32.0 Å². The molecule has 0 spiro atoms. The van der Waals surface area contributed by atoms with Crippen LogP contribution in [-0.4, -0.2) is 13.2 Å². The number of benzene rings is 1. The fourth-order valence-electron chi connectivity index (χ4n) is 1.71. The van der Waals surface area contributed by atoms with Gasteiger partial charge >= 0.3 is 0 Å². The Labute approximate surface area is 104 Å². The zero-order chi connectivity index (χ0) is 12.5. The largest absolute Gasteiger partial charge is 0.494 e. The van der Waals surface area contributed by atoms with Gasteiger partial charge < -0.3 is 10.1 Å². The first-order chi connectivity index (χ1) is 8.29. The molecule has 0 aromatic heterocycles. The normalized spacial score (nSPS) is 11.5. The summed E-state index contributed by atoms with van der Waals surface area (Å²) in [6.45, 7) is 7.63. The molecule has 1 atom stereocenters. The predicted octanol–water partition coefficient (Wildman–Crippen LogP) is 3.15. The van der Waals surface area contributed by atoms with Crippen molar-refractivity contribution in [3.8, 4) is 17.6 Å². The van der Waals surface area contributed by atoms with Crippen molar-refractivity contribution in [3.05, 3.63) is 29.8 Å². The molecule has 1 rings (SSSR count). The van der Waals surface area contributed by atoms with Gasteiger partial charge in [-0.2, -0.15) is 0 Å². The summed E-state index contributed by atoms with van der Waals surface area (Å²) in [5.74, 6) is 6.92. The van der Waals surface area contributed by atoms with Crippen LogP contribution in [0.1, 0.15) is 38.8 Å². The highest BCUT2D eigenvalue weighted by molar-refractivity contribution is 5.35. The van der Waals surface area contributed by atoms with E-state index < -0.39 is 0 Å². The highest BCUT2D eigenvalue weighted by Crippen LogP contribution is 2.24. The summed E-state index contributed by atoms with van der Waals surface area (Å²) in [4.78, 5) is 0. The van der Waals surface area contributed by atoms with E-state index in [4.69, 9.17) is 4.74 Å². The van der Waals surface area contributed by atoms with Crippen molar-refractivity contribution >= 4 is 0 Å². The van der Waals surface area contributed by atoms with Gasteiger partial charge in [-0.3, -0.25) is 0 Å². The Bertz CT molecular complexity index is 389. The Balaban J connectivity index is 2.59. The predicted molar refractivity (Wildman–Crippen MR) is 72.1 cm³/mol. The minimum atomic E-state index is 0.288. The van der Waals surface area contributed by atoms with Crippen LogP contribution in [0, 0.1) is 11.8 Å². The molecule has 0 heterocycles. The average Bonchev–Trinajstić information content (AvgIpc) is 2.35. The van der Waals surface area contributed by atoms with Crippen molar-refractivity contribution in [1.82, 2.24) is 5.32 Å². The monoisotopic (exact) mass is 231 g/mol. The number of nitrogens with one attached hydrogen (secondary N) is 1. The van der Waals surface area contributed by atoms with Crippen molar-refractivity contribution < 1.29 is 4.74 Å². The molecule has 17 heavy (non-hydrogen) atoms. The van der Waals surface area contributed by atoms with Gasteiger partial charge in [-0.05, 0) is 26.8 Å². The standard InChI is InChI=1S/C15H21NO/c1-4-6-9-12-16-13(3)14-10-7-8-11-15(14)17-5-2/h7-8,10-11,13,16H,5,9,12H2,1-3H3. The van der Waals surface area contributed by atoms with Crippen LogP contribution >= 0.6 is 0 Å². The van der Waals surface area contributed by atoms with E-state index >= 15 is 0 Å². The first kappa shape index (κ1) is 13.6.